The number of aromatic hydroxyl groups is 1. The number of fused-ring (bicyclic) bond motifs is 1. The number of carbonyl (C=O) groups excluding carboxylic acids is 2. The summed E-state index contributed by atoms with van der Waals surface area (Å²) in [7, 11) is 0. The number of phenols is 1. The summed E-state index contributed by atoms with van der Waals surface area (Å²) in [6.45, 7) is 1.86. The highest BCUT2D eigenvalue weighted by Crippen LogP contribution is 2.20. The smallest absolute Gasteiger partial charge is 0.257 e. The van der Waals surface area contributed by atoms with Crippen molar-refractivity contribution >= 4 is 22.6 Å². The van der Waals surface area contributed by atoms with Gasteiger partial charge in [-0.05, 0) is 35.0 Å². The van der Waals surface area contributed by atoms with Gasteiger partial charge in [0.25, 0.3) is 11.8 Å². The van der Waals surface area contributed by atoms with E-state index in [1.807, 2.05) is 42.5 Å². The third-order valence-corrected chi connectivity index (χ3v) is 4.98. The van der Waals surface area contributed by atoms with E-state index in [0.29, 0.717) is 37.3 Å². The topological polar surface area (TPSA) is 60.9 Å². The number of benzene rings is 3. The summed E-state index contributed by atoms with van der Waals surface area (Å²) >= 11 is 0. The molecular formula is C22H20N2O3. The summed E-state index contributed by atoms with van der Waals surface area (Å²) in [5.74, 6) is -0.238. The van der Waals surface area contributed by atoms with Gasteiger partial charge in [-0.3, -0.25) is 9.59 Å². The first kappa shape index (κ1) is 17.1. The normalized spacial score (nSPS) is 14.4. The molecule has 5 nitrogen and oxygen atoms in total. The standard InChI is InChI=1S/C22H20N2O3/c25-20-8-4-3-7-19(20)22(27)24-13-11-23(12-14-24)21(26)18-10-9-16-5-1-2-6-17(16)15-18/h1-10,15,25H,11-14H2. The molecule has 4 rings (SSSR count). The Hall–Kier alpha value is -3.34. The molecule has 0 aromatic heterocycles. The Morgan fingerprint density at radius 1 is 0.704 bits per heavy atom. The average molecular weight is 360 g/mol. The van der Waals surface area contributed by atoms with Gasteiger partial charge in [0.05, 0.1) is 5.56 Å². The number of piperazine rings is 1. The molecule has 136 valence electrons. The molecule has 0 unspecified atom stereocenters. The lowest BCUT2D eigenvalue weighted by molar-refractivity contribution is 0.0534. The van der Waals surface area contributed by atoms with Crippen molar-refractivity contribution in [3.8, 4) is 5.75 Å². The Morgan fingerprint density at radius 3 is 2.00 bits per heavy atom. The number of amides is 2. The molecule has 1 heterocycles. The van der Waals surface area contributed by atoms with Crippen molar-refractivity contribution < 1.29 is 14.7 Å². The van der Waals surface area contributed by atoms with Crippen LogP contribution in [0.5, 0.6) is 5.75 Å². The average Bonchev–Trinajstić information content (AvgIpc) is 2.73. The van der Waals surface area contributed by atoms with Gasteiger partial charge in [0.2, 0.25) is 0 Å². The zero-order chi connectivity index (χ0) is 18.8. The number of rotatable bonds is 2. The Balaban J connectivity index is 1.44. The fraction of sp³-hybridized carbons (Fsp3) is 0.182. The van der Waals surface area contributed by atoms with Crippen LogP contribution in [-0.4, -0.2) is 52.9 Å². The summed E-state index contributed by atoms with van der Waals surface area (Å²) < 4.78 is 0. The predicted octanol–water partition coefficient (Wildman–Crippen LogP) is 3.14. The van der Waals surface area contributed by atoms with Gasteiger partial charge < -0.3 is 14.9 Å². The minimum Gasteiger partial charge on any atom is -0.507 e. The van der Waals surface area contributed by atoms with Crippen molar-refractivity contribution in [1.82, 2.24) is 9.80 Å². The maximum absolute atomic E-state index is 12.8. The van der Waals surface area contributed by atoms with Gasteiger partial charge in [0, 0.05) is 31.7 Å². The Kier molecular flexibility index (Phi) is 4.50. The van der Waals surface area contributed by atoms with E-state index >= 15 is 0 Å². The second-order valence-electron chi connectivity index (χ2n) is 6.66. The number of para-hydroxylation sites is 1. The molecule has 5 heteroatoms. The van der Waals surface area contributed by atoms with Gasteiger partial charge in [-0.1, -0.05) is 42.5 Å². The molecule has 0 atom stereocenters. The largest absolute Gasteiger partial charge is 0.507 e. The molecule has 3 aromatic carbocycles. The quantitative estimate of drug-likeness (QED) is 0.764. The van der Waals surface area contributed by atoms with Crippen LogP contribution in [0.2, 0.25) is 0 Å². The Morgan fingerprint density at radius 2 is 1.30 bits per heavy atom. The molecule has 1 saturated heterocycles. The van der Waals surface area contributed by atoms with Gasteiger partial charge in [-0.25, -0.2) is 0 Å². The molecule has 0 aliphatic carbocycles. The van der Waals surface area contributed by atoms with E-state index in [4.69, 9.17) is 0 Å². The summed E-state index contributed by atoms with van der Waals surface area (Å²) in [5, 5.41) is 12.0. The highest BCUT2D eigenvalue weighted by molar-refractivity contribution is 5.99. The summed E-state index contributed by atoms with van der Waals surface area (Å²) in [6, 6.07) is 20.2. The first-order valence-electron chi connectivity index (χ1n) is 8.99. The molecule has 0 radical (unpaired) electrons. The third kappa shape index (κ3) is 3.36. The number of hydrogen-bond donors (Lipinski definition) is 1. The fourth-order valence-corrected chi connectivity index (χ4v) is 3.44. The van der Waals surface area contributed by atoms with E-state index in [2.05, 4.69) is 0 Å². The predicted molar refractivity (Wildman–Crippen MR) is 104 cm³/mol. The maximum Gasteiger partial charge on any atom is 0.257 e. The van der Waals surface area contributed by atoms with E-state index in [0.717, 1.165) is 10.8 Å². The van der Waals surface area contributed by atoms with Crippen LogP contribution in [0.3, 0.4) is 0 Å². The van der Waals surface area contributed by atoms with E-state index in [1.165, 1.54) is 6.07 Å². The van der Waals surface area contributed by atoms with Crippen LogP contribution >= 0.6 is 0 Å². The number of phenolic OH excluding ortho intramolecular Hbond substituents is 1. The second-order valence-corrected chi connectivity index (χ2v) is 6.66. The van der Waals surface area contributed by atoms with Crippen molar-refractivity contribution in [2.75, 3.05) is 26.2 Å². The van der Waals surface area contributed by atoms with E-state index < -0.39 is 0 Å². The van der Waals surface area contributed by atoms with Gasteiger partial charge >= 0.3 is 0 Å². The van der Waals surface area contributed by atoms with Crippen LogP contribution in [0.15, 0.2) is 66.7 Å². The van der Waals surface area contributed by atoms with Gasteiger partial charge in [0.15, 0.2) is 0 Å². The minimum absolute atomic E-state index is 0.0165. The van der Waals surface area contributed by atoms with Gasteiger partial charge in [0.1, 0.15) is 5.75 Å². The monoisotopic (exact) mass is 360 g/mol. The molecule has 2 amide bonds. The van der Waals surface area contributed by atoms with E-state index in [9.17, 15) is 14.7 Å². The summed E-state index contributed by atoms with van der Waals surface area (Å²) in [6.07, 6.45) is 0. The highest BCUT2D eigenvalue weighted by Gasteiger charge is 2.26. The summed E-state index contributed by atoms with van der Waals surface area (Å²) in [4.78, 5) is 28.9. The van der Waals surface area contributed by atoms with Crippen molar-refractivity contribution in [3.63, 3.8) is 0 Å². The van der Waals surface area contributed by atoms with Gasteiger partial charge in [-0.2, -0.15) is 0 Å². The van der Waals surface area contributed by atoms with Crippen LogP contribution in [0.4, 0.5) is 0 Å². The molecular weight excluding hydrogens is 340 g/mol. The molecule has 1 N–H and O–H groups in total. The SMILES string of the molecule is O=C(c1ccc2ccccc2c1)N1CCN(C(=O)c2ccccc2O)CC1. The molecule has 0 bridgehead atoms. The van der Waals surface area contributed by atoms with Crippen molar-refractivity contribution in [2.45, 2.75) is 0 Å². The van der Waals surface area contributed by atoms with Crippen molar-refractivity contribution in [1.29, 1.82) is 0 Å². The molecule has 0 saturated carbocycles. The lowest BCUT2D eigenvalue weighted by Crippen LogP contribution is -2.50. The van der Waals surface area contributed by atoms with Crippen LogP contribution in [0.25, 0.3) is 10.8 Å². The first-order chi connectivity index (χ1) is 13.1. The lowest BCUT2D eigenvalue weighted by atomic mass is 10.1. The van der Waals surface area contributed by atoms with Crippen LogP contribution in [-0.2, 0) is 0 Å². The van der Waals surface area contributed by atoms with E-state index in [-0.39, 0.29) is 17.6 Å². The van der Waals surface area contributed by atoms with Crippen LogP contribution in [0, 0.1) is 0 Å². The maximum atomic E-state index is 12.8. The van der Waals surface area contributed by atoms with Gasteiger partial charge in [-0.15, -0.1) is 0 Å². The number of carbonyl (C=O) groups is 2. The minimum atomic E-state index is -0.203. The molecule has 27 heavy (non-hydrogen) atoms. The third-order valence-electron chi connectivity index (χ3n) is 4.98. The molecule has 1 fully saturated rings. The van der Waals surface area contributed by atoms with E-state index in [1.54, 1.807) is 28.0 Å². The summed E-state index contributed by atoms with van der Waals surface area (Å²) in [5.41, 5.74) is 0.959. The Labute approximate surface area is 157 Å². The zero-order valence-electron chi connectivity index (χ0n) is 14.8. The number of nitrogens with zero attached hydrogens (tertiary/aromatic N) is 2. The molecule has 1 aliphatic rings. The number of hydrogen-bond acceptors (Lipinski definition) is 3. The molecule has 1 aliphatic heterocycles. The first-order valence-corrected chi connectivity index (χ1v) is 8.99. The fourth-order valence-electron chi connectivity index (χ4n) is 3.44. The second kappa shape index (κ2) is 7.11. The lowest BCUT2D eigenvalue weighted by Gasteiger charge is -2.35. The molecule has 0 spiro atoms. The molecule has 3 aromatic rings. The Bertz CT molecular complexity index is 1010. The van der Waals surface area contributed by atoms with Crippen LogP contribution < -0.4 is 0 Å². The zero-order valence-corrected chi connectivity index (χ0v) is 14.8. The van der Waals surface area contributed by atoms with Crippen molar-refractivity contribution in [2.24, 2.45) is 0 Å². The van der Waals surface area contributed by atoms with Crippen molar-refractivity contribution in [3.05, 3.63) is 77.9 Å². The van der Waals surface area contributed by atoms with Crippen LogP contribution in [0.1, 0.15) is 20.7 Å². The highest BCUT2D eigenvalue weighted by atomic mass is 16.3.